The van der Waals surface area contributed by atoms with Crippen molar-refractivity contribution in [2.45, 2.75) is 57.5 Å². The summed E-state index contributed by atoms with van der Waals surface area (Å²) in [5, 5.41) is 1.38. The molecule has 2 nitrogen and oxygen atoms in total. The normalized spacial score (nSPS) is 37.5. The lowest BCUT2D eigenvalue weighted by atomic mass is 9.68. The van der Waals surface area contributed by atoms with Crippen LogP contribution in [0.4, 0.5) is 0 Å². The first-order valence-electron chi connectivity index (χ1n) is 8.50. The fourth-order valence-corrected chi connectivity index (χ4v) is 5.33. The molecule has 4 bridgehead atoms. The van der Waals surface area contributed by atoms with Gasteiger partial charge in [0.15, 0.2) is 0 Å². The van der Waals surface area contributed by atoms with E-state index in [0.29, 0.717) is 5.92 Å². The third kappa shape index (κ3) is 1.57. The molecule has 0 N–H and O–H groups in total. The molecule has 1 aromatic heterocycles. The number of fused-ring (bicyclic) bond motifs is 4. The van der Waals surface area contributed by atoms with Crippen LogP contribution in [-0.2, 0) is 6.42 Å². The number of hydrogen-bond acceptors (Lipinski definition) is 2. The van der Waals surface area contributed by atoms with Crippen LogP contribution in [0.5, 0.6) is 0 Å². The van der Waals surface area contributed by atoms with E-state index < -0.39 is 0 Å². The number of hydrogen-bond donors (Lipinski definition) is 0. The van der Waals surface area contributed by atoms with Crippen LogP contribution in [-0.4, -0.2) is 23.5 Å². The molecule has 2 heteroatoms. The molecule has 4 aliphatic rings. The Hall–Kier alpha value is -1.28. The molecule has 4 heterocycles. The van der Waals surface area contributed by atoms with Crippen LogP contribution in [0.1, 0.15) is 49.0 Å². The number of nitrogens with zero attached hydrogens (tertiary/aromatic N) is 1. The number of benzene rings is 1. The van der Waals surface area contributed by atoms with Crippen LogP contribution < -0.4 is 0 Å². The van der Waals surface area contributed by atoms with Crippen LogP contribution in [0, 0.1) is 12.8 Å². The fraction of sp³-hybridized carbons (Fsp3) is 0.579. The minimum Gasteiger partial charge on any atom is -0.460 e. The van der Waals surface area contributed by atoms with Crippen molar-refractivity contribution in [3.05, 3.63) is 35.1 Å². The molecule has 5 atom stereocenters. The van der Waals surface area contributed by atoms with Gasteiger partial charge in [-0.1, -0.05) is 11.6 Å². The summed E-state index contributed by atoms with van der Waals surface area (Å²) in [6.07, 6.45) is 5.30. The molecule has 21 heavy (non-hydrogen) atoms. The van der Waals surface area contributed by atoms with Gasteiger partial charge in [0, 0.05) is 35.5 Å². The van der Waals surface area contributed by atoms with E-state index in [4.69, 9.17) is 4.42 Å². The molecule has 0 spiro atoms. The zero-order valence-corrected chi connectivity index (χ0v) is 12.9. The summed E-state index contributed by atoms with van der Waals surface area (Å²) in [6.45, 7) is 5.85. The zero-order chi connectivity index (χ0) is 14.1. The minimum atomic E-state index is 0.644. The maximum absolute atomic E-state index is 6.37. The Morgan fingerprint density at radius 1 is 1.24 bits per heavy atom. The Kier molecular flexibility index (Phi) is 2.42. The van der Waals surface area contributed by atoms with Gasteiger partial charge in [-0.2, -0.15) is 0 Å². The maximum atomic E-state index is 6.37. The van der Waals surface area contributed by atoms with Crippen molar-refractivity contribution in [1.29, 1.82) is 0 Å². The van der Waals surface area contributed by atoms with E-state index in [9.17, 15) is 0 Å². The van der Waals surface area contributed by atoms with E-state index in [0.717, 1.165) is 30.0 Å². The Morgan fingerprint density at radius 2 is 2.14 bits per heavy atom. The van der Waals surface area contributed by atoms with Gasteiger partial charge in [-0.15, -0.1) is 0 Å². The Labute approximate surface area is 126 Å². The summed E-state index contributed by atoms with van der Waals surface area (Å²) < 4.78 is 6.37. The van der Waals surface area contributed by atoms with E-state index >= 15 is 0 Å². The second-order valence-corrected chi connectivity index (χ2v) is 7.42. The standard InChI is InChI=1S/C19H23NO/c1-11-3-6-18-15(9-11)14-7-8-20-12(2)13-4-5-17(20)16(10-13)19(14)21-18/h3,6,9,12-13,16-17H,4-5,7-8,10H2,1-2H3. The van der Waals surface area contributed by atoms with Crippen molar-refractivity contribution in [3.8, 4) is 0 Å². The number of piperidine rings is 2. The molecule has 1 saturated carbocycles. The van der Waals surface area contributed by atoms with E-state index in [1.807, 2.05) is 0 Å². The lowest BCUT2D eigenvalue weighted by Gasteiger charge is -2.52. The molecular formula is C19H23NO. The van der Waals surface area contributed by atoms with Gasteiger partial charge in [0.05, 0.1) is 0 Å². The van der Waals surface area contributed by atoms with Crippen LogP contribution in [0.2, 0.25) is 0 Å². The quantitative estimate of drug-likeness (QED) is 0.717. The van der Waals surface area contributed by atoms with Gasteiger partial charge in [-0.25, -0.2) is 0 Å². The van der Waals surface area contributed by atoms with Gasteiger partial charge in [0.1, 0.15) is 11.3 Å². The summed E-state index contributed by atoms with van der Waals surface area (Å²) in [4.78, 5) is 2.79. The van der Waals surface area contributed by atoms with Gasteiger partial charge >= 0.3 is 0 Å². The second-order valence-electron chi connectivity index (χ2n) is 7.42. The third-order valence-electron chi connectivity index (χ3n) is 6.42. The van der Waals surface area contributed by atoms with E-state index in [1.54, 1.807) is 0 Å². The molecular weight excluding hydrogens is 258 g/mol. The highest BCUT2D eigenvalue weighted by atomic mass is 16.3. The lowest BCUT2D eigenvalue weighted by Crippen LogP contribution is -2.56. The van der Waals surface area contributed by atoms with Crippen molar-refractivity contribution in [1.82, 2.24) is 4.90 Å². The Morgan fingerprint density at radius 3 is 3.05 bits per heavy atom. The van der Waals surface area contributed by atoms with Gasteiger partial charge in [-0.05, 0) is 57.6 Å². The molecule has 3 fully saturated rings. The molecule has 0 amide bonds. The summed E-state index contributed by atoms with van der Waals surface area (Å²) in [6, 6.07) is 8.17. The predicted octanol–water partition coefficient (Wildman–Crippen LogP) is 4.25. The molecule has 3 aliphatic heterocycles. The first-order valence-corrected chi connectivity index (χ1v) is 8.50. The van der Waals surface area contributed by atoms with Gasteiger partial charge in [0.25, 0.3) is 0 Å². The first-order chi connectivity index (χ1) is 10.2. The van der Waals surface area contributed by atoms with E-state index in [2.05, 4.69) is 36.9 Å². The zero-order valence-electron chi connectivity index (χ0n) is 12.9. The fourth-order valence-electron chi connectivity index (χ4n) is 5.33. The summed E-state index contributed by atoms with van der Waals surface area (Å²) in [5.41, 5.74) is 3.96. The highest BCUT2D eigenvalue weighted by Crippen LogP contribution is 2.51. The maximum Gasteiger partial charge on any atom is 0.134 e. The van der Waals surface area contributed by atoms with Crippen molar-refractivity contribution in [2.75, 3.05) is 6.54 Å². The Balaban J connectivity index is 1.71. The van der Waals surface area contributed by atoms with Crippen LogP contribution in [0.15, 0.2) is 22.6 Å². The summed E-state index contributed by atoms with van der Waals surface area (Å²) in [5.74, 6) is 2.85. The highest BCUT2D eigenvalue weighted by molar-refractivity contribution is 5.83. The van der Waals surface area contributed by atoms with Gasteiger partial charge in [0.2, 0.25) is 0 Å². The lowest BCUT2D eigenvalue weighted by molar-refractivity contribution is -0.0178. The molecule has 5 unspecified atom stereocenters. The molecule has 2 aromatic rings. The molecule has 1 aromatic carbocycles. The van der Waals surface area contributed by atoms with Gasteiger partial charge < -0.3 is 4.42 Å². The van der Waals surface area contributed by atoms with Crippen LogP contribution in [0.3, 0.4) is 0 Å². The predicted molar refractivity (Wildman–Crippen MR) is 84.7 cm³/mol. The number of aryl methyl sites for hydroxylation is 1. The Bertz CT molecular complexity index is 716. The highest BCUT2D eigenvalue weighted by Gasteiger charge is 2.48. The average molecular weight is 281 g/mol. The van der Waals surface area contributed by atoms with Crippen molar-refractivity contribution >= 4 is 11.0 Å². The monoisotopic (exact) mass is 281 g/mol. The van der Waals surface area contributed by atoms with Crippen molar-refractivity contribution < 1.29 is 4.42 Å². The SMILES string of the molecule is Cc1ccc2oc3c(c2c1)CCN1C(C)C2CCC1C3C2. The molecule has 6 rings (SSSR count). The second kappa shape index (κ2) is 4.13. The van der Waals surface area contributed by atoms with Crippen LogP contribution >= 0.6 is 0 Å². The van der Waals surface area contributed by atoms with Crippen LogP contribution in [0.25, 0.3) is 11.0 Å². The third-order valence-corrected chi connectivity index (χ3v) is 6.42. The molecule has 110 valence electrons. The molecule has 0 radical (unpaired) electrons. The largest absolute Gasteiger partial charge is 0.460 e. The molecule has 2 saturated heterocycles. The van der Waals surface area contributed by atoms with Gasteiger partial charge in [-0.3, -0.25) is 4.90 Å². The molecule has 1 aliphatic carbocycles. The van der Waals surface area contributed by atoms with Crippen molar-refractivity contribution in [2.24, 2.45) is 5.92 Å². The van der Waals surface area contributed by atoms with E-state index in [1.165, 1.54) is 48.1 Å². The minimum absolute atomic E-state index is 0.644. The summed E-state index contributed by atoms with van der Waals surface area (Å²) >= 11 is 0. The number of rotatable bonds is 0. The number of furan rings is 1. The smallest absolute Gasteiger partial charge is 0.134 e. The first kappa shape index (κ1) is 12.3. The summed E-state index contributed by atoms with van der Waals surface area (Å²) in [7, 11) is 0. The average Bonchev–Trinajstić information content (AvgIpc) is 2.78. The van der Waals surface area contributed by atoms with Crippen molar-refractivity contribution in [3.63, 3.8) is 0 Å². The van der Waals surface area contributed by atoms with E-state index in [-0.39, 0.29) is 0 Å². The topological polar surface area (TPSA) is 16.4 Å².